The Balaban J connectivity index is 2.15. The molecule has 0 amide bonds. The molecule has 2 rings (SSSR count). The number of carbonyl (C=O) groups is 1. The number of hydrogen-bond acceptors (Lipinski definition) is 3. The minimum atomic E-state index is -0.952. The third-order valence-corrected chi connectivity index (χ3v) is 3.24. The first-order valence-electron chi connectivity index (χ1n) is 6.82. The van der Waals surface area contributed by atoms with Crippen molar-refractivity contribution in [1.82, 2.24) is 0 Å². The minimum Gasteiger partial charge on any atom is -0.497 e. The van der Waals surface area contributed by atoms with Crippen LogP contribution in [0.2, 0.25) is 0 Å². The van der Waals surface area contributed by atoms with Crippen LogP contribution in [-0.2, 0) is 6.42 Å². The van der Waals surface area contributed by atoms with Gasteiger partial charge in [0.15, 0.2) is 0 Å². The Morgan fingerprint density at radius 3 is 2.57 bits per heavy atom. The number of carboxylic acid groups (broad SMARTS) is 1. The maximum Gasteiger partial charge on any atom is 0.337 e. The molecule has 0 heterocycles. The molecular formula is C17H19NO3. The van der Waals surface area contributed by atoms with Gasteiger partial charge in [0.1, 0.15) is 5.75 Å². The maximum atomic E-state index is 11.3. The van der Waals surface area contributed by atoms with Gasteiger partial charge in [-0.15, -0.1) is 0 Å². The van der Waals surface area contributed by atoms with Crippen LogP contribution >= 0.6 is 0 Å². The van der Waals surface area contributed by atoms with Gasteiger partial charge in [-0.25, -0.2) is 4.79 Å². The molecule has 1 unspecified atom stereocenters. The Bertz CT molecular complexity index is 611. The van der Waals surface area contributed by atoms with E-state index < -0.39 is 5.97 Å². The van der Waals surface area contributed by atoms with E-state index in [1.165, 1.54) is 5.56 Å². The summed E-state index contributed by atoms with van der Waals surface area (Å²) in [5.41, 5.74) is 2.03. The van der Waals surface area contributed by atoms with Crippen molar-refractivity contribution in [2.45, 2.75) is 19.4 Å². The molecule has 21 heavy (non-hydrogen) atoms. The van der Waals surface area contributed by atoms with Gasteiger partial charge in [0.2, 0.25) is 0 Å². The van der Waals surface area contributed by atoms with Gasteiger partial charge >= 0.3 is 5.97 Å². The van der Waals surface area contributed by atoms with E-state index in [2.05, 4.69) is 17.4 Å². The van der Waals surface area contributed by atoms with E-state index >= 15 is 0 Å². The SMILES string of the molecule is COc1ccc(C(=O)O)c(NC(C)Cc2ccccc2)c1. The number of aromatic carboxylic acids is 1. The maximum absolute atomic E-state index is 11.3. The van der Waals surface area contributed by atoms with Crippen LogP contribution < -0.4 is 10.1 Å². The van der Waals surface area contributed by atoms with Gasteiger partial charge in [0, 0.05) is 12.1 Å². The predicted octanol–water partition coefficient (Wildman–Crippen LogP) is 3.44. The highest BCUT2D eigenvalue weighted by atomic mass is 16.5. The molecule has 2 aromatic carbocycles. The second kappa shape index (κ2) is 6.79. The van der Waals surface area contributed by atoms with Crippen molar-refractivity contribution in [1.29, 1.82) is 0 Å². The third kappa shape index (κ3) is 3.99. The van der Waals surface area contributed by atoms with Crippen LogP contribution in [0.25, 0.3) is 0 Å². The highest BCUT2D eigenvalue weighted by Gasteiger charge is 2.13. The zero-order valence-electron chi connectivity index (χ0n) is 12.2. The van der Waals surface area contributed by atoms with Gasteiger partial charge in [0.25, 0.3) is 0 Å². The lowest BCUT2D eigenvalue weighted by atomic mass is 10.1. The molecule has 4 heteroatoms. The van der Waals surface area contributed by atoms with Crippen LogP contribution in [0.3, 0.4) is 0 Å². The second-order valence-electron chi connectivity index (χ2n) is 4.95. The molecule has 0 fully saturated rings. The van der Waals surface area contributed by atoms with Gasteiger partial charge in [-0.1, -0.05) is 30.3 Å². The van der Waals surface area contributed by atoms with Gasteiger partial charge in [-0.05, 0) is 31.0 Å². The van der Waals surface area contributed by atoms with Crippen molar-refractivity contribution >= 4 is 11.7 Å². The number of ether oxygens (including phenoxy) is 1. The number of methoxy groups -OCH3 is 1. The highest BCUT2D eigenvalue weighted by Crippen LogP contribution is 2.23. The second-order valence-corrected chi connectivity index (χ2v) is 4.95. The van der Waals surface area contributed by atoms with Gasteiger partial charge in [0.05, 0.1) is 18.4 Å². The van der Waals surface area contributed by atoms with E-state index in [0.29, 0.717) is 11.4 Å². The van der Waals surface area contributed by atoms with E-state index in [4.69, 9.17) is 4.74 Å². The van der Waals surface area contributed by atoms with E-state index in [1.54, 1.807) is 25.3 Å². The lowest BCUT2D eigenvalue weighted by molar-refractivity contribution is 0.0698. The molecule has 0 saturated carbocycles. The molecule has 0 saturated heterocycles. The Labute approximate surface area is 124 Å². The number of carboxylic acids is 1. The van der Waals surface area contributed by atoms with Crippen molar-refractivity contribution < 1.29 is 14.6 Å². The summed E-state index contributed by atoms with van der Waals surface area (Å²) in [5.74, 6) is -0.318. The van der Waals surface area contributed by atoms with Crippen LogP contribution in [0.15, 0.2) is 48.5 Å². The Hall–Kier alpha value is -2.49. The van der Waals surface area contributed by atoms with Crippen molar-refractivity contribution in [2.75, 3.05) is 12.4 Å². The fourth-order valence-corrected chi connectivity index (χ4v) is 2.24. The van der Waals surface area contributed by atoms with Gasteiger partial charge in [-0.2, -0.15) is 0 Å². The topological polar surface area (TPSA) is 58.6 Å². The van der Waals surface area contributed by atoms with E-state index in [9.17, 15) is 9.90 Å². The quantitative estimate of drug-likeness (QED) is 0.853. The van der Waals surface area contributed by atoms with Gasteiger partial charge < -0.3 is 15.2 Å². The van der Waals surface area contributed by atoms with Crippen LogP contribution in [0.1, 0.15) is 22.8 Å². The van der Waals surface area contributed by atoms with Crippen molar-refractivity contribution in [3.8, 4) is 5.75 Å². The summed E-state index contributed by atoms with van der Waals surface area (Å²) < 4.78 is 5.16. The summed E-state index contributed by atoms with van der Waals surface area (Å²) in [7, 11) is 1.56. The molecule has 110 valence electrons. The van der Waals surface area contributed by atoms with Crippen LogP contribution in [0.4, 0.5) is 5.69 Å². The molecule has 2 aromatic rings. The fourth-order valence-electron chi connectivity index (χ4n) is 2.24. The lowest BCUT2D eigenvalue weighted by Crippen LogP contribution is -2.20. The van der Waals surface area contributed by atoms with Crippen LogP contribution in [0, 0.1) is 0 Å². The first-order chi connectivity index (χ1) is 10.1. The first kappa shape index (κ1) is 14.9. The molecule has 1 atom stereocenters. The number of nitrogens with one attached hydrogen (secondary N) is 1. The summed E-state index contributed by atoms with van der Waals surface area (Å²) in [5, 5.41) is 12.5. The van der Waals surface area contributed by atoms with Crippen LogP contribution in [0.5, 0.6) is 5.75 Å². The normalized spacial score (nSPS) is 11.7. The zero-order chi connectivity index (χ0) is 15.2. The molecule has 0 radical (unpaired) electrons. The molecule has 0 bridgehead atoms. The summed E-state index contributed by atoms with van der Waals surface area (Å²) in [6.45, 7) is 2.03. The summed E-state index contributed by atoms with van der Waals surface area (Å²) in [6, 6.07) is 15.1. The van der Waals surface area contributed by atoms with Crippen molar-refractivity contribution in [3.63, 3.8) is 0 Å². The summed E-state index contributed by atoms with van der Waals surface area (Å²) >= 11 is 0. The molecule has 2 N–H and O–H groups in total. The number of anilines is 1. The third-order valence-electron chi connectivity index (χ3n) is 3.24. The molecule has 0 aromatic heterocycles. The Morgan fingerprint density at radius 1 is 1.24 bits per heavy atom. The largest absolute Gasteiger partial charge is 0.497 e. The Kier molecular flexibility index (Phi) is 4.82. The molecule has 0 aliphatic rings. The number of hydrogen-bond donors (Lipinski definition) is 2. The van der Waals surface area contributed by atoms with E-state index in [-0.39, 0.29) is 11.6 Å². The molecule has 0 spiro atoms. The highest BCUT2D eigenvalue weighted by molar-refractivity contribution is 5.94. The van der Waals surface area contributed by atoms with E-state index in [1.807, 2.05) is 25.1 Å². The molecule has 0 aliphatic heterocycles. The molecular weight excluding hydrogens is 266 g/mol. The smallest absolute Gasteiger partial charge is 0.337 e. The van der Waals surface area contributed by atoms with Crippen molar-refractivity contribution in [2.24, 2.45) is 0 Å². The van der Waals surface area contributed by atoms with Crippen molar-refractivity contribution in [3.05, 3.63) is 59.7 Å². The molecule has 0 aliphatic carbocycles. The number of rotatable bonds is 6. The lowest BCUT2D eigenvalue weighted by Gasteiger charge is -2.17. The fraction of sp³-hybridized carbons (Fsp3) is 0.235. The molecule has 4 nitrogen and oxygen atoms in total. The van der Waals surface area contributed by atoms with Crippen LogP contribution in [-0.4, -0.2) is 24.2 Å². The summed E-state index contributed by atoms with van der Waals surface area (Å²) in [6.07, 6.45) is 0.817. The van der Waals surface area contributed by atoms with E-state index in [0.717, 1.165) is 6.42 Å². The average Bonchev–Trinajstić information content (AvgIpc) is 2.47. The monoisotopic (exact) mass is 285 g/mol. The van der Waals surface area contributed by atoms with Gasteiger partial charge in [-0.3, -0.25) is 0 Å². The first-order valence-corrected chi connectivity index (χ1v) is 6.82. The number of benzene rings is 2. The summed E-state index contributed by atoms with van der Waals surface area (Å²) in [4.78, 5) is 11.3. The standard InChI is InChI=1S/C17H19NO3/c1-12(10-13-6-4-3-5-7-13)18-16-11-14(21-2)8-9-15(16)17(19)20/h3-9,11-12,18H,10H2,1-2H3,(H,19,20). The average molecular weight is 285 g/mol. The Morgan fingerprint density at radius 2 is 1.95 bits per heavy atom. The predicted molar refractivity (Wildman–Crippen MR) is 83.2 cm³/mol. The minimum absolute atomic E-state index is 0.109. The zero-order valence-corrected chi connectivity index (χ0v) is 12.2.